The Bertz CT molecular complexity index is 703. The highest BCUT2D eigenvalue weighted by Gasteiger charge is 2.25. The van der Waals surface area contributed by atoms with Crippen LogP contribution in [0.2, 0.25) is 5.02 Å². The van der Waals surface area contributed by atoms with Gasteiger partial charge in [-0.2, -0.15) is 0 Å². The minimum atomic E-state index is -0.0262. The highest BCUT2D eigenvalue weighted by molar-refractivity contribution is 6.34. The lowest BCUT2D eigenvalue weighted by atomic mass is 9.94. The second-order valence-electron chi connectivity index (χ2n) is 8.19. The normalized spacial score (nSPS) is 20.7. The number of nitrogens with one attached hydrogen (secondary N) is 1. The largest absolute Gasteiger partial charge is 0.376 e. The van der Waals surface area contributed by atoms with Crippen LogP contribution < -0.4 is 5.32 Å². The first kappa shape index (κ1) is 21.0. The predicted molar refractivity (Wildman–Crippen MR) is 114 cm³/mol. The maximum Gasteiger partial charge on any atom is 0.255 e. The Morgan fingerprint density at radius 3 is 2.54 bits per heavy atom. The average molecular weight is 406 g/mol. The van der Waals surface area contributed by atoms with Gasteiger partial charge in [0.25, 0.3) is 5.91 Å². The molecule has 0 spiro atoms. The van der Waals surface area contributed by atoms with Crippen molar-refractivity contribution in [1.82, 2.24) is 9.80 Å². The lowest BCUT2D eigenvalue weighted by Gasteiger charge is -2.33. The number of benzene rings is 1. The second kappa shape index (κ2) is 9.64. The molecule has 1 aromatic rings. The number of amides is 2. The van der Waals surface area contributed by atoms with Gasteiger partial charge in [0.15, 0.2) is 0 Å². The molecule has 1 unspecified atom stereocenters. The molecule has 154 valence electrons. The van der Waals surface area contributed by atoms with Gasteiger partial charge in [0.1, 0.15) is 0 Å². The molecule has 2 amide bonds. The van der Waals surface area contributed by atoms with Crippen molar-refractivity contribution < 1.29 is 9.59 Å². The Morgan fingerprint density at radius 2 is 1.86 bits per heavy atom. The van der Waals surface area contributed by atoms with Crippen molar-refractivity contribution in [2.75, 3.05) is 25.5 Å². The van der Waals surface area contributed by atoms with Gasteiger partial charge >= 0.3 is 0 Å². The summed E-state index contributed by atoms with van der Waals surface area (Å²) in [5, 5.41) is 3.59. The number of carbonyl (C=O) groups is 2. The molecule has 1 aliphatic carbocycles. The number of piperidine rings is 1. The van der Waals surface area contributed by atoms with Crippen molar-refractivity contribution in [3.63, 3.8) is 0 Å². The maximum atomic E-state index is 12.8. The summed E-state index contributed by atoms with van der Waals surface area (Å²) in [7, 11) is 1.87. The van der Waals surface area contributed by atoms with Crippen LogP contribution in [0.15, 0.2) is 18.2 Å². The monoisotopic (exact) mass is 405 g/mol. The molecule has 2 fully saturated rings. The van der Waals surface area contributed by atoms with E-state index in [0.29, 0.717) is 22.7 Å². The quantitative estimate of drug-likeness (QED) is 0.781. The number of halogens is 1. The molecule has 1 aromatic carbocycles. The number of hydrogen-bond donors (Lipinski definition) is 1. The van der Waals surface area contributed by atoms with Gasteiger partial charge in [-0.1, -0.05) is 30.9 Å². The standard InChI is InChI=1S/C22H32ClN3O2/c1-16-8-6-7-13-26(16)21(27)15-24-17-11-12-19(20(23)14-17)22(28)25(2)18-9-4-3-5-10-18/h11-12,14,16,18,24H,3-10,13,15H2,1-2H3. The summed E-state index contributed by atoms with van der Waals surface area (Å²) in [6.45, 7) is 3.19. The zero-order valence-corrected chi connectivity index (χ0v) is 17.8. The van der Waals surface area contributed by atoms with Crippen LogP contribution in [0.5, 0.6) is 0 Å². The molecule has 1 aliphatic heterocycles. The van der Waals surface area contributed by atoms with Gasteiger partial charge in [0.2, 0.25) is 5.91 Å². The Hall–Kier alpha value is -1.75. The van der Waals surface area contributed by atoms with Gasteiger partial charge in [-0.15, -0.1) is 0 Å². The Labute approximate surface area is 173 Å². The van der Waals surface area contributed by atoms with E-state index in [1.165, 1.54) is 25.7 Å². The van der Waals surface area contributed by atoms with Gasteiger partial charge in [-0.3, -0.25) is 9.59 Å². The lowest BCUT2D eigenvalue weighted by molar-refractivity contribution is -0.132. The van der Waals surface area contributed by atoms with Crippen LogP contribution in [-0.2, 0) is 4.79 Å². The van der Waals surface area contributed by atoms with E-state index in [1.54, 1.807) is 12.1 Å². The highest BCUT2D eigenvalue weighted by atomic mass is 35.5. The van der Waals surface area contributed by atoms with Gasteiger partial charge in [0.05, 0.1) is 17.1 Å². The molecule has 3 rings (SSSR count). The maximum absolute atomic E-state index is 12.8. The van der Waals surface area contributed by atoms with Crippen LogP contribution in [0, 0.1) is 0 Å². The number of rotatable bonds is 5. The van der Waals surface area contributed by atoms with E-state index in [2.05, 4.69) is 12.2 Å². The molecule has 5 nitrogen and oxygen atoms in total. The van der Waals surface area contributed by atoms with Crippen molar-refractivity contribution in [3.8, 4) is 0 Å². The predicted octanol–water partition coefficient (Wildman–Crippen LogP) is 4.56. The summed E-state index contributed by atoms with van der Waals surface area (Å²) >= 11 is 6.41. The molecule has 0 radical (unpaired) electrons. The molecule has 1 saturated heterocycles. The van der Waals surface area contributed by atoms with Crippen molar-refractivity contribution in [2.45, 2.75) is 70.4 Å². The van der Waals surface area contributed by atoms with Gasteiger partial charge in [-0.25, -0.2) is 0 Å². The van der Waals surface area contributed by atoms with Crippen LogP contribution in [0.3, 0.4) is 0 Å². The van der Waals surface area contributed by atoms with Crippen LogP contribution in [0.25, 0.3) is 0 Å². The first-order chi connectivity index (χ1) is 13.5. The zero-order chi connectivity index (χ0) is 20.1. The van der Waals surface area contributed by atoms with E-state index in [0.717, 1.165) is 37.9 Å². The number of hydrogen-bond acceptors (Lipinski definition) is 3. The third kappa shape index (κ3) is 4.99. The fraction of sp³-hybridized carbons (Fsp3) is 0.636. The molecular formula is C22H32ClN3O2. The van der Waals surface area contributed by atoms with E-state index in [9.17, 15) is 9.59 Å². The van der Waals surface area contributed by atoms with Crippen molar-refractivity contribution in [3.05, 3.63) is 28.8 Å². The summed E-state index contributed by atoms with van der Waals surface area (Å²) in [6, 6.07) is 5.96. The van der Waals surface area contributed by atoms with Crippen LogP contribution in [0.1, 0.15) is 68.6 Å². The number of nitrogens with zero attached hydrogens (tertiary/aromatic N) is 2. The minimum absolute atomic E-state index is 0.0262. The molecule has 1 heterocycles. The Morgan fingerprint density at radius 1 is 1.14 bits per heavy atom. The first-order valence-electron chi connectivity index (χ1n) is 10.6. The summed E-state index contributed by atoms with van der Waals surface area (Å²) in [4.78, 5) is 29.1. The van der Waals surface area contributed by atoms with Crippen LogP contribution in [-0.4, -0.2) is 53.8 Å². The van der Waals surface area contributed by atoms with Crippen LogP contribution >= 0.6 is 11.6 Å². The summed E-state index contributed by atoms with van der Waals surface area (Å²) in [5.41, 5.74) is 1.29. The van der Waals surface area contributed by atoms with Crippen molar-refractivity contribution in [2.24, 2.45) is 0 Å². The Balaban J connectivity index is 1.58. The van der Waals surface area contributed by atoms with Crippen molar-refractivity contribution in [1.29, 1.82) is 0 Å². The van der Waals surface area contributed by atoms with Crippen molar-refractivity contribution >= 4 is 29.1 Å². The summed E-state index contributed by atoms with van der Waals surface area (Å²) in [5.74, 6) is 0.0853. The van der Waals surface area contributed by atoms with Crippen LogP contribution in [0.4, 0.5) is 5.69 Å². The number of likely N-dealkylation sites (tertiary alicyclic amines) is 1. The lowest BCUT2D eigenvalue weighted by Crippen LogP contribution is -2.44. The summed E-state index contributed by atoms with van der Waals surface area (Å²) < 4.78 is 0. The minimum Gasteiger partial charge on any atom is -0.376 e. The SMILES string of the molecule is CC1CCCCN1C(=O)CNc1ccc(C(=O)N(C)C2CCCCC2)c(Cl)c1. The molecule has 2 aliphatic rings. The average Bonchev–Trinajstić information content (AvgIpc) is 2.72. The topological polar surface area (TPSA) is 52.7 Å². The zero-order valence-electron chi connectivity index (χ0n) is 17.0. The molecule has 1 atom stereocenters. The van der Waals surface area contributed by atoms with E-state index in [-0.39, 0.29) is 18.4 Å². The highest BCUT2D eigenvalue weighted by Crippen LogP contribution is 2.26. The first-order valence-corrected chi connectivity index (χ1v) is 10.9. The molecule has 0 bridgehead atoms. The van der Waals surface area contributed by atoms with Gasteiger partial charge in [-0.05, 0) is 57.2 Å². The number of anilines is 1. The molecular weight excluding hydrogens is 374 g/mol. The second-order valence-corrected chi connectivity index (χ2v) is 8.60. The van der Waals surface area contributed by atoms with E-state index in [1.807, 2.05) is 22.9 Å². The third-order valence-electron chi connectivity index (χ3n) is 6.21. The van der Waals surface area contributed by atoms with Gasteiger partial charge < -0.3 is 15.1 Å². The van der Waals surface area contributed by atoms with E-state index in [4.69, 9.17) is 11.6 Å². The molecule has 28 heavy (non-hydrogen) atoms. The van der Waals surface area contributed by atoms with E-state index >= 15 is 0 Å². The molecule has 0 aromatic heterocycles. The molecule has 1 N–H and O–H groups in total. The Kier molecular flexibility index (Phi) is 7.22. The van der Waals surface area contributed by atoms with Gasteiger partial charge in [0, 0.05) is 31.4 Å². The third-order valence-corrected chi connectivity index (χ3v) is 6.52. The smallest absolute Gasteiger partial charge is 0.255 e. The molecule has 6 heteroatoms. The van der Waals surface area contributed by atoms with E-state index < -0.39 is 0 Å². The fourth-order valence-corrected chi connectivity index (χ4v) is 4.63. The summed E-state index contributed by atoms with van der Waals surface area (Å²) in [6.07, 6.45) is 9.10. The molecule has 1 saturated carbocycles. The fourth-order valence-electron chi connectivity index (χ4n) is 4.37. The number of carbonyl (C=O) groups excluding carboxylic acids is 2.